The molecule has 1 nitrogen and oxygen atoms in total. The first-order valence-electron chi connectivity index (χ1n) is 3.79. The van der Waals surface area contributed by atoms with Crippen LogP contribution in [-0.2, 0) is 4.74 Å². The van der Waals surface area contributed by atoms with Crippen LogP contribution in [0.1, 0.15) is 27.2 Å². The average Bonchev–Trinajstić information content (AvgIpc) is 2.10. The van der Waals surface area contributed by atoms with E-state index in [9.17, 15) is 0 Å². The Labute approximate surface area is 63.1 Å². The van der Waals surface area contributed by atoms with Gasteiger partial charge in [-0.25, -0.2) is 0 Å². The molecule has 0 aromatic rings. The van der Waals surface area contributed by atoms with E-state index in [2.05, 4.69) is 27.4 Å². The van der Waals surface area contributed by atoms with Crippen LogP contribution in [0, 0.1) is 5.41 Å². The zero-order valence-electron chi connectivity index (χ0n) is 7.11. The van der Waals surface area contributed by atoms with Gasteiger partial charge in [0.1, 0.15) is 0 Å². The zero-order chi connectivity index (χ0) is 7.83. The molecule has 0 amide bonds. The van der Waals surface area contributed by atoms with Crippen molar-refractivity contribution in [1.29, 1.82) is 0 Å². The van der Waals surface area contributed by atoms with Crippen molar-refractivity contribution < 1.29 is 4.74 Å². The smallest absolute Gasteiger partial charge is 0.0883 e. The Kier molecular flexibility index (Phi) is 1.63. The minimum atomic E-state index is -0.104. The standard InChI is InChI=1S/C9H16O/c1-5-9(4)8(2,3)6-7-10-9/h5H,1,6-7H2,2-4H3. The van der Waals surface area contributed by atoms with E-state index in [4.69, 9.17) is 4.74 Å². The van der Waals surface area contributed by atoms with E-state index < -0.39 is 0 Å². The second-order valence-electron chi connectivity index (χ2n) is 3.79. The third-order valence-corrected chi connectivity index (χ3v) is 2.86. The highest BCUT2D eigenvalue weighted by molar-refractivity contribution is 5.06. The third-order valence-electron chi connectivity index (χ3n) is 2.86. The first kappa shape index (κ1) is 7.80. The number of rotatable bonds is 1. The van der Waals surface area contributed by atoms with Crippen LogP contribution in [0.15, 0.2) is 12.7 Å². The van der Waals surface area contributed by atoms with Crippen molar-refractivity contribution in [3.63, 3.8) is 0 Å². The van der Waals surface area contributed by atoms with Gasteiger partial charge in [-0.15, -0.1) is 6.58 Å². The fourth-order valence-corrected chi connectivity index (χ4v) is 1.30. The van der Waals surface area contributed by atoms with Crippen molar-refractivity contribution in [1.82, 2.24) is 0 Å². The van der Waals surface area contributed by atoms with E-state index >= 15 is 0 Å². The monoisotopic (exact) mass is 140 g/mol. The summed E-state index contributed by atoms with van der Waals surface area (Å²) in [5.41, 5.74) is 0.155. The van der Waals surface area contributed by atoms with Gasteiger partial charge >= 0.3 is 0 Å². The number of hydrogen-bond donors (Lipinski definition) is 0. The highest BCUT2D eigenvalue weighted by Gasteiger charge is 2.44. The van der Waals surface area contributed by atoms with Crippen LogP contribution in [0.2, 0.25) is 0 Å². The normalized spacial score (nSPS) is 37.9. The predicted octanol–water partition coefficient (Wildman–Crippen LogP) is 2.38. The number of ether oxygens (including phenoxy) is 1. The Morgan fingerprint density at radius 1 is 1.40 bits per heavy atom. The second kappa shape index (κ2) is 2.09. The van der Waals surface area contributed by atoms with Gasteiger partial charge in [-0.2, -0.15) is 0 Å². The van der Waals surface area contributed by atoms with Crippen LogP contribution in [0.25, 0.3) is 0 Å². The summed E-state index contributed by atoms with van der Waals surface area (Å²) in [6, 6.07) is 0. The first-order valence-corrected chi connectivity index (χ1v) is 3.79. The summed E-state index contributed by atoms with van der Waals surface area (Å²) < 4.78 is 5.59. The molecule has 0 N–H and O–H groups in total. The lowest BCUT2D eigenvalue weighted by Gasteiger charge is -2.33. The van der Waals surface area contributed by atoms with Gasteiger partial charge in [0.2, 0.25) is 0 Å². The van der Waals surface area contributed by atoms with Gasteiger partial charge in [-0.3, -0.25) is 0 Å². The molecule has 1 atom stereocenters. The number of hydrogen-bond acceptors (Lipinski definition) is 1. The molecular weight excluding hydrogens is 124 g/mol. The third kappa shape index (κ3) is 0.891. The van der Waals surface area contributed by atoms with Crippen LogP contribution in [0.4, 0.5) is 0 Å². The Hall–Kier alpha value is -0.300. The molecule has 0 saturated carbocycles. The molecule has 1 unspecified atom stereocenters. The molecule has 0 aromatic heterocycles. The van der Waals surface area contributed by atoms with Crippen molar-refractivity contribution >= 4 is 0 Å². The minimum absolute atomic E-state index is 0.104. The zero-order valence-corrected chi connectivity index (χ0v) is 7.11. The quantitative estimate of drug-likeness (QED) is 0.508. The lowest BCUT2D eigenvalue weighted by Crippen LogP contribution is -2.35. The van der Waals surface area contributed by atoms with Gasteiger partial charge < -0.3 is 4.74 Å². The lowest BCUT2D eigenvalue weighted by molar-refractivity contribution is 0.00834. The highest BCUT2D eigenvalue weighted by atomic mass is 16.5. The van der Waals surface area contributed by atoms with E-state index in [1.807, 2.05) is 6.08 Å². The van der Waals surface area contributed by atoms with Gasteiger partial charge in [-0.1, -0.05) is 19.9 Å². The van der Waals surface area contributed by atoms with Crippen molar-refractivity contribution in [3.05, 3.63) is 12.7 Å². The molecule has 1 heterocycles. The fourth-order valence-electron chi connectivity index (χ4n) is 1.30. The Morgan fingerprint density at radius 2 is 2.00 bits per heavy atom. The Balaban J connectivity index is 2.85. The summed E-state index contributed by atoms with van der Waals surface area (Å²) >= 11 is 0. The van der Waals surface area contributed by atoms with E-state index in [0.29, 0.717) is 0 Å². The Morgan fingerprint density at radius 3 is 2.20 bits per heavy atom. The van der Waals surface area contributed by atoms with E-state index in [1.54, 1.807) is 0 Å². The van der Waals surface area contributed by atoms with Crippen LogP contribution in [0.5, 0.6) is 0 Å². The van der Waals surface area contributed by atoms with Gasteiger partial charge in [0.15, 0.2) is 0 Å². The van der Waals surface area contributed by atoms with Gasteiger partial charge in [0.25, 0.3) is 0 Å². The molecule has 1 rings (SSSR count). The maximum absolute atomic E-state index is 5.59. The highest BCUT2D eigenvalue weighted by Crippen LogP contribution is 2.43. The molecule has 1 fully saturated rings. The fraction of sp³-hybridized carbons (Fsp3) is 0.778. The van der Waals surface area contributed by atoms with E-state index in [-0.39, 0.29) is 11.0 Å². The van der Waals surface area contributed by atoms with E-state index in [0.717, 1.165) is 13.0 Å². The maximum atomic E-state index is 5.59. The summed E-state index contributed by atoms with van der Waals surface area (Å²) in [7, 11) is 0. The molecule has 0 bridgehead atoms. The molecule has 1 heteroatoms. The summed E-state index contributed by atoms with van der Waals surface area (Å²) in [6.45, 7) is 11.2. The maximum Gasteiger partial charge on any atom is 0.0883 e. The minimum Gasteiger partial charge on any atom is -0.371 e. The van der Waals surface area contributed by atoms with Gasteiger partial charge in [0, 0.05) is 6.61 Å². The van der Waals surface area contributed by atoms with Crippen molar-refractivity contribution in [2.75, 3.05) is 6.61 Å². The predicted molar refractivity (Wildman–Crippen MR) is 43.0 cm³/mol. The van der Waals surface area contributed by atoms with Crippen molar-refractivity contribution in [3.8, 4) is 0 Å². The molecule has 1 aliphatic rings. The average molecular weight is 140 g/mol. The van der Waals surface area contributed by atoms with E-state index in [1.165, 1.54) is 0 Å². The van der Waals surface area contributed by atoms with Crippen LogP contribution in [0.3, 0.4) is 0 Å². The summed E-state index contributed by atoms with van der Waals surface area (Å²) in [4.78, 5) is 0. The molecule has 0 radical (unpaired) electrons. The molecule has 58 valence electrons. The summed E-state index contributed by atoms with van der Waals surface area (Å²) in [6.07, 6.45) is 3.05. The van der Waals surface area contributed by atoms with Crippen molar-refractivity contribution in [2.24, 2.45) is 5.41 Å². The van der Waals surface area contributed by atoms with Crippen LogP contribution in [-0.4, -0.2) is 12.2 Å². The summed E-state index contributed by atoms with van der Waals surface area (Å²) in [5.74, 6) is 0. The molecule has 0 spiro atoms. The second-order valence-corrected chi connectivity index (χ2v) is 3.79. The lowest BCUT2D eigenvalue weighted by atomic mass is 9.76. The Bertz CT molecular complexity index is 149. The first-order chi connectivity index (χ1) is 4.52. The van der Waals surface area contributed by atoms with Crippen molar-refractivity contribution in [2.45, 2.75) is 32.8 Å². The topological polar surface area (TPSA) is 9.23 Å². The van der Waals surface area contributed by atoms with Gasteiger partial charge in [0.05, 0.1) is 5.60 Å². The van der Waals surface area contributed by atoms with Crippen LogP contribution >= 0.6 is 0 Å². The molecule has 0 aromatic carbocycles. The molecule has 10 heavy (non-hydrogen) atoms. The van der Waals surface area contributed by atoms with Crippen LogP contribution < -0.4 is 0 Å². The SMILES string of the molecule is C=CC1(C)OCCC1(C)C. The largest absolute Gasteiger partial charge is 0.371 e. The molecule has 1 aliphatic heterocycles. The molecule has 0 aliphatic carbocycles. The van der Waals surface area contributed by atoms with Gasteiger partial charge in [-0.05, 0) is 18.8 Å². The molecular formula is C9H16O. The summed E-state index contributed by atoms with van der Waals surface area (Å²) in [5, 5.41) is 0. The molecule has 1 saturated heterocycles.